The molecule has 4 nitrogen and oxygen atoms in total. The highest BCUT2D eigenvalue weighted by Crippen LogP contribution is 2.17. The van der Waals surface area contributed by atoms with E-state index in [2.05, 4.69) is 4.98 Å². The van der Waals surface area contributed by atoms with E-state index in [4.69, 9.17) is 15.6 Å². The van der Waals surface area contributed by atoms with Crippen molar-refractivity contribution in [3.8, 4) is 5.88 Å². The summed E-state index contributed by atoms with van der Waals surface area (Å²) in [6, 6.07) is 3.50. The Bertz CT molecular complexity index is 302. The minimum absolute atomic E-state index is 0.0317. The number of aromatic nitrogens is 1. The van der Waals surface area contributed by atoms with Crippen LogP contribution in [0.5, 0.6) is 5.88 Å². The van der Waals surface area contributed by atoms with Crippen LogP contribution in [0, 0.1) is 0 Å². The van der Waals surface area contributed by atoms with E-state index >= 15 is 0 Å². The summed E-state index contributed by atoms with van der Waals surface area (Å²) < 4.78 is 5.54. The predicted octanol–water partition coefficient (Wildman–Crippen LogP) is 0.731. The Morgan fingerprint density at radius 3 is 2.87 bits per heavy atom. The summed E-state index contributed by atoms with van der Waals surface area (Å²) in [7, 11) is 0. The van der Waals surface area contributed by atoms with Gasteiger partial charge in [-0.15, -0.1) is 0 Å². The molecular formula is C11H18N2O2. The lowest BCUT2D eigenvalue weighted by atomic mass is 10.1. The van der Waals surface area contributed by atoms with E-state index in [1.54, 1.807) is 6.20 Å². The summed E-state index contributed by atoms with van der Waals surface area (Å²) in [6.07, 6.45) is 2.35. The molecule has 0 aliphatic rings. The number of aliphatic hydroxyl groups is 1. The van der Waals surface area contributed by atoms with Crippen LogP contribution in [-0.4, -0.2) is 28.8 Å². The van der Waals surface area contributed by atoms with Crippen LogP contribution < -0.4 is 10.5 Å². The van der Waals surface area contributed by atoms with Gasteiger partial charge in [0.2, 0.25) is 5.88 Å². The fourth-order valence-corrected chi connectivity index (χ4v) is 1.26. The molecule has 84 valence electrons. The lowest BCUT2D eigenvalue weighted by Crippen LogP contribution is -2.27. The zero-order valence-electron chi connectivity index (χ0n) is 9.18. The molecule has 1 aromatic rings. The molecule has 0 amide bonds. The van der Waals surface area contributed by atoms with E-state index in [0.717, 1.165) is 5.56 Å². The maximum atomic E-state index is 8.88. The van der Waals surface area contributed by atoms with Gasteiger partial charge in [0.25, 0.3) is 0 Å². The average Bonchev–Trinajstić information content (AvgIpc) is 2.20. The van der Waals surface area contributed by atoms with Gasteiger partial charge in [-0.2, -0.15) is 0 Å². The first-order valence-corrected chi connectivity index (χ1v) is 5.10. The van der Waals surface area contributed by atoms with E-state index < -0.39 is 0 Å². The van der Waals surface area contributed by atoms with Gasteiger partial charge in [-0.25, -0.2) is 4.98 Å². The molecule has 0 aliphatic carbocycles. The Labute approximate surface area is 90.1 Å². The van der Waals surface area contributed by atoms with Gasteiger partial charge in [0, 0.05) is 17.8 Å². The smallest absolute Gasteiger partial charge is 0.216 e. The maximum absolute atomic E-state index is 8.88. The van der Waals surface area contributed by atoms with E-state index in [1.807, 2.05) is 26.0 Å². The van der Waals surface area contributed by atoms with Gasteiger partial charge in [0.05, 0.1) is 12.7 Å². The van der Waals surface area contributed by atoms with Crippen LogP contribution in [0.25, 0.3) is 0 Å². The Balaban J connectivity index is 2.76. The summed E-state index contributed by atoms with van der Waals surface area (Å²) in [5.74, 6) is 0.608. The van der Waals surface area contributed by atoms with E-state index in [1.165, 1.54) is 0 Å². The lowest BCUT2D eigenvalue weighted by Gasteiger charge is -2.14. The van der Waals surface area contributed by atoms with Crippen molar-refractivity contribution in [3.05, 3.63) is 23.9 Å². The van der Waals surface area contributed by atoms with Crippen molar-refractivity contribution in [1.29, 1.82) is 0 Å². The number of aliphatic hydroxyl groups excluding tert-OH is 1. The standard InChI is InChI=1S/C11H18N2O2/c1-8(2)15-11-9(4-3-5-13-11)6-10(12)7-14/h3-5,8,10,14H,6-7,12H2,1-2H3. The summed E-state index contributed by atoms with van der Waals surface area (Å²) in [6.45, 7) is 3.87. The Kier molecular flexibility index (Phi) is 4.52. The highest BCUT2D eigenvalue weighted by molar-refractivity contribution is 5.26. The number of rotatable bonds is 5. The molecule has 15 heavy (non-hydrogen) atoms. The number of nitrogens with two attached hydrogens (primary N) is 1. The topological polar surface area (TPSA) is 68.4 Å². The van der Waals surface area contributed by atoms with Crippen molar-refractivity contribution in [3.63, 3.8) is 0 Å². The van der Waals surface area contributed by atoms with Crippen LogP contribution in [-0.2, 0) is 6.42 Å². The summed E-state index contributed by atoms with van der Waals surface area (Å²) in [5, 5.41) is 8.88. The second-order valence-corrected chi connectivity index (χ2v) is 3.78. The van der Waals surface area contributed by atoms with Crippen LogP contribution in [0.1, 0.15) is 19.4 Å². The van der Waals surface area contributed by atoms with Crippen molar-refractivity contribution in [2.24, 2.45) is 5.73 Å². The molecule has 1 unspecified atom stereocenters. The van der Waals surface area contributed by atoms with Crippen LogP contribution in [0.4, 0.5) is 0 Å². The number of hydrogen-bond donors (Lipinski definition) is 2. The SMILES string of the molecule is CC(C)Oc1ncccc1CC(N)CO. The van der Waals surface area contributed by atoms with E-state index in [0.29, 0.717) is 12.3 Å². The molecule has 0 bridgehead atoms. The van der Waals surface area contributed by atoms with Crippen LogP contribution in [0.15, 0.2) is 18.3 Å². The molecule has 0 aliphatic heterocycles. The van der Waals surface area contributed by atoms with Crippen molar-refractivity contribution in [1.82, 2.24) is 4.98 Å². The number of nitrogens with zero attached hydrogens (tertiary/aromatic N) is 1. The highest BCUT2D eigenvalue weighted by Gasteiger charge is 2.10. The third-order valence-electron chi connectivity index (χ3n) is 1.91. The third kappa shape index (κ3) is 3.85. The summed E-state index contributed by atoms with van der Waals surface area (Å²) >= 11 is 0. The quantitative estimate of drug-likeness (QED) is 0.751. The van der Waals surface area contributed by atoms with Gasteiger partial charge >= 0.3 is 0 Å². The third-order valence-corrected chi connectivity index (χ3v) is 1.91. The number of hydrogen-bond acceptors (Lipinski definition) is 4. The molecule has 0 saturated carbocycles. The van der Waals surface area contributed by atoms with Crippen molar-refractivity contribution in [2.75, 3.05) is 6.61 Å². The number of ether oxygens (including phenoxy) is 1. The first-order chi connectivity index (χ1) is 7.13. The second kappa shape index (κ2) is 5.68. The summed E-state index contributed by atoms with van der Waals surface area (Å²) in [5.41, 5.74) is 6.61. The zero-order valence-corrected chi connectivity index (χ0v) is 9.18. The first kappa shape index (κ1) is 11.9. The molecule has 1 aromatic heterocycles. The maximum Gasteiger partial charge on any atom is 0.216 e. The molecule has 0 radical (unpaired) electrons. The summed E-state index contributed by atoms with van der Waals surface area (Å²) in [4.78, 5) is 4.15. The molecule has 0 spiro atoms. The van der Waals surface area contributed by atoms with Crippen molar-refractivity contribution < 1.29 is 9.84 Å². The fraction of sp³-hybridized carbons (Fsp3) is 0.545. The largest absolute Gasteiger partial charge is 0.475 e. The Morgan fingerprint density at radius 1 is 1.53 bits per heavy atom. The lowest BCUT2D eigenvalue weighted by molar-refractivity contribution is 0.227. The van der Waals surface area contributed by atoms with Gasteiger partial charge in [0.1, 0.15) is 0 Å². The monoisotopic (exact) mass is 210 g/mol. The minimum Gasteiger partial charge on any atom is -0.475 e. The average molecular weight is 210 g/mol. The molecule has 3 N–H and O–H groups in total. The Hall–Kier alpha value is -1.13. The van der Waals surface area contributed by atoms with Crippen molar-refractivity contribution in [2.45, 2.75) is 32.4 Å². The van der Waals surface area contributed by atoms with Crippen LogP contribution in [0.2, 0.25) is 0 Å². The molecule has 0 fully saturated rings. The van der Waals surface area contributed by atoms with Crippen LogP contribution in [0.3, 0.4) is 0 Å². The number of pyridine rings is 1. The van der Waals surface area contributed by atoms with Crippen molar-refractivity contribution >= 4 is 0 Å². The van der Waals surface area contributed by atoms with Gasteiger partial charge in [0.15, 0.2) is 0 Å². The molecule has 0 saturated heterocycles. The van der Waals surface area contributed by atoms with Crippen LogP contribution >= 0.6 is 0 Å². The van der Waals surface area contributed by atoms with Gasteiger partial charge < -0.3 is 15.6 Å². The molecule has 4 heteroatoms. The molecular weight excluding hydrogens is 192 g/mol. The molecule has 0 aromatic carbocycles. The molecule has 1 rings (SSSR count). The fourth-order valence-electron chi connectivity index (χ4n) is 1.26. The zero-order chi connectivity index (χ0) is 11.3. The predicted molar refractivity (Wildman–Crippen MR) is 58.8 cm³/mol. The normalized spacial score (nSPS) is 12.9. The Morgan fingerprint density at radius 2 is 2.27 bits per heavy atom. The highest BCUT2D eigenvalue weighted by atomic mass is 16.5. The second-order valence-electron chi connectivity index (χ2n) is 3.78. The molecule has 1 atom stereocenters. The minimum atomic E-state index is -0.260. The first-order valence-electron chi connectivity index (χ1n) is 5.10. The van der Waals surface area contributed by atoms with Gasteiger partial charge in [-0.1, -0.05) is 6.07 Å². The molecule has 1 heterocycles. The van der Waals surface area contributed by atoms with Gasteiger partial charge in [-0.05, 0) is 26.3 Å². The van der Waals surface area contributed by atoms with Gasteiger partial charge in [-0.3, -0.25) is 0 Å². The van der Waals surface area contributed by atoms with E-state index in [-0.39, 0.29) is 18.8 Å². The van der Waals surface area contributed by atoms with E-state index in [9.17, 15) is 0 Å².